The Kier molecular flexibility index (Phi) is 7.44. The van der Waals surface area contributed by atoms with E-state index in [0.29, 0.717) is 0 Å². The fraction of sp³-hybridized carbons (Fsp3) is 0.0952. The molecule has 0 spiro atoms. The molecule has 0 N–H and O–H groups in total. The first kappa shape index (κ1) is 25.4. The van der Waals surface area contributed by atoms with Crippen molar-refractivity contribution in [2.45, 2.75) is 12.4 Å². The zero-order valence-corrected chi connectivity index (χ0v) is 17.0. The van der Waals surface area contributed by atoms with Gasteiger partial charge >= 0.3 is 0 Å². The zero-order valence-electron chi connectivity index (χ0n) is 16.2. The van der Waals surface area contributed by atoms with Crippen molar-refractivity contribution in [3.8, 4) is 5.75 Å². The summed E-state index contributed by atoms with van der Waals surface area (Å²) in [5, 5.41) is -1.02. The smallest absolute Gasteiger partial charge is 0.223 e. The van der Waals surface area contributed by atoms with Gasteiger partial charge in [0.2, 0.25) is 16.7 Å². The molecule has 0 amide bonds. The molecule has 13 heteroatoms. The van der Waals surface area contributed by atoms with Crippen molar-refractivity contribution in [3.63, 3.8) is 0 Å². The van der Waals surface area contributed by atoms with Crippen molar-refractivity contribution in [2.24, 2.45) is 0 Å². The van der Waals surface area contributed by atoms with Gasteiger partial charge in [0.25, 0.3) is 0 Å². The second-order valence-corrected chi connectivity index (χ2v) is 7.41. The lowest BCUT2D eigenvalue weighted by Crippen LogP contribution is -2.11. The van der Waals surface area contributed by atoms with Gasteiger partial charge in [0.05, 0.1) is 11.1 Å². The number of para-hydroxylation sites is 1. The monoisotopic (exact) mass is 514 g/mol. The van der Waals surface area contributed by atoms with Crippen LogP contribution in [-0.4, -0.2) is 5.12 Å². The van der Waals surface area contributed by atoms with Crippen molar-refractivity contribution in [3.05, 3.63) is 99.1 Å². The van der Waals surface area contributed by atoms with E-state index in [1.54, 1.807) is 0 Å². The van der Waals surface area contributed by atoms with Gasteiger partial charge in [-0.2, -0.15) is 0 Å². The highest BCUT2D eigenvalue weighted by Crippen LogP contribution is 2.31. The fourth-order valence-electron chi connectivity index (χ4n) is 2.68. The van der Waals surface area contributed by atoms with Crippen LogP contribution in [-0.2, 0) is 12.4 Å². The summed E-state index contributed by atoms with van der Waals surface area (Å²) in [6, 6.07) is 4.72. The van der Waals surface area contributed by atoms with Gasteiger partial charge in [-0.15, -0.1) is 0 Å². The number of ether oxygens (including phenoxy) is 1. The first-order valence-corrected chi connectivity index (χ1v) is 9.85. The topological polar surface area (TPSA) is 26.3 Å². The average molecular weight is 514 g/mol. The third kappa shape index (κ3) is 4.56. The molecule has 180 valence electrons. The van der Waals surface area contributed by atoms with E-state index in [1.165, 1.54) is 12.1 Å². The van der Waals surface area contributed by atoms with Gasteiger partial charge in [-0.3, -0.25) is 4.79 Å². The molecule has 0 saturated heterocycles. The van der Waals surface area contributed by atoms with Crippen molar-refractivity contribution in [2.75, 3.05) is 0 Å². The Labute approximate surface area is 188 Å². The van der Waals surface area contributed by atoms with Gasteiger partial charge in [0.15, 0.2) is 46.5 Å². The Hall–Kier alpha value is -3.22. The summed E-state index contributed by atoms with van der Waals surface area (Å²) in [5.74, 6) is -23.5. The van der Waals surface area contributed by atoms with E-state index in [9.17, 15) is 48.7 Å². The van der Waals surface area contributed by atoms with Crippen LogP contribution in [0, 0.1) is 58.2 Å². The molecule has 0 atom stereocenters. The lowest BCUT2D eigenvalue weighted by atomic mass is 10.1. The van der Waals surface area contributed by atoms with Gasteiger partial charge in [-0.1, -0.05) is 23.9 Å². The van der Waals surface area contributed by atoms with Crippen molar-refractivity contribution in [1.82, 2.24) is 0 Å². The van der Waals surface area contributed by atoms with E-state index in [0.717, 1.165) is 12.1 Å². The third-order valence-electron chi connectivity index (χ3n) is 4.43. The number of halogens is 10. The normalized spacial score (nSPS) is 11.1. The van der Waals surface area contributed by atoms with Crippen molar-refractivity contribution >= 4 is 16.9 Å². The van der Waals surface area contributed by atoms with Crippen LogP contribution in [0.3, 0.4) is 0 Å². The molecule has 0 heterocycles. The van der Waals surface area contributed by atoms with E-state index in [2.05, 4.69) is 0 Å². The Balaban J connectivity index is 1.83. The molecule has 3 rings (SSSR count). The third-order valence-corrected chi connectivity index (χ3v) is 5.34. The molecular weight excluding hydrogens is 506 g/mol. The van der Waals surface area contributed by atoms with E-state index in [-0.39, 0.29) is 17.3 Å². The minimum Gasteiger partial charge on any atom is -0.488 e. The van der Waals surface area contributed by atoms with E-state index in [1.807, 2.05) is 0 Å². The van der Waals surface area contributed by atoms with Gasteiger partial charge in [0, 0.05) is 11.3 Å². The van der Waals surface area contributed by atoms with Crippen LogP contribution in [0.1, 0.15) is 21.5 Å². The van der Waals surface area contributed by atoms with Crippen LogP contribution in [0.2, 0.25) is 0 Å². The Morgan fingerprint density at radius 3 is 1.53 bits per heavy atom. The molecule has 0 aromatic heterocycles. The Morgan fingerprint density at radius 1 is 0.618 bits per heavy atom. The second-order valence-electron chi connectivity index (χ2n) is 6.46. The lowest BCUT2D eigenvalue weighted by molar-refractivity contribution is 0.108. The Bertz CT molecular complexity index is 1240. The molecule has 0 aliphatic rings. The molecule has 0 unspecified atom stereocenters. The first-order valence-electron chi connectivity index (χ1n) is 8.86. The maximum absolute atomic E-state index is 13.8. The molecule has 0 aliphatic carbocycles. The van der Waals surface area contributed by atoms with Crippen LogP contribution in [0.25, 0.3) is 0 Å². The maximum Gasteiger partial charge on any atom is 0.223 e. The molecule has 0 radical (unpaired) electrons. The minimum absolute atomic E-state index is 0.111. The first-order chi connectivity index (χ1) is 16.0. The zero-order chi connectivity index (χ0) is 25.3. The van der Waals surface area contributed by atoms with Crippen LogP contribution in [0.4, 0.5) is 43.9 Å². The highest BCUT2D eigenvalue weighted by molar-refractivity contribution is 8.13. The molecule has 0 aliphatic heterocycles. The predicted molar refractivity (Wildman–Crippen MR) is 98.9 cm³/mol. The summed E-state index contributed by atoms with van der Waals surface area (Å²) >= 11 is 0.111. The lowest BCUT2D eigenvalue weighted by Gasteiger charge is -2.13. The van der Waals surface area contributed by atoms with Gasteiger partial charge < -0.3 is 4.74 Å². The number of benzene rings is 3. The molecule has 34 heavy (non-hydrogen) atoms. The van der Waals surface area contributed by atoms with Crippen LogP contribution < -0.4 is 4.74 Å². The highest BCUT2D eigenvalue weighted by atomic mass is 32.2. The van der Waals surface area contributed by atoms with Crippen LogP contribution >= 0.6 is 11.8 Å². The number of thioether (sulfide) groups is 1. The number of hydrogen-bond donors (Lipinski definition) is 0. The summed E-state index contributed by atoms with van der Waals surface area (Å²) in [6.07, 6.45) is 0. The largest absolute Gasteiger partial charge is 0.488 e. The van der Waals surface area contributed by atoms with Crippen molar-refractivity contribution < 1.29 is 53.4 Å². The van der Waals surface area contributed by atoms with E-state index < -0.39 is 92.5 Å². The van der Waals surface area contributed by atoms with Crippen molar-refractivity contribution in [1.29, 1.82) is 0 Å². The molecular formula is C21H8F10O2S. The average Bonchev–Trinajstić information content (AvgIpc) is 2.83. The summed E-state index contributed by atoms with van der Waals surface area (Å²) in [7, 11) is 0. The number of rotatable bonds is 6. The minimum atomic E-state index is -2.38. The molecule has 0 bridgehead atoms. The van der Waals surface area contributed by atoms with Crippen LogP contribution in [0.5, 0.6) is 5.75 Å². The molecule has 3 aromatic carbocycles. The van der Waals surface area contributed by atoms with Gasteiger partial charge in [0.1, 0.15) is 12.4 Å². The fourth-order valence-corrected chi connectivity index (χ4v) is 3.53. The molecule has 3 aromatic rings. The SMILES string of the molecule is O=C(SCc1c(F)c(F)c(F)c(F)c1F)c1ccccc1OCc1c(F)c(F)c(F)c(F)c1F. The van der Waals surface area contributed by atoms with E-state index >= 15 is 0 Å². The number of carbonyl (C=O) groups is 1. The molecule has 0 saturated carbocycles. The predicted octanol–water partition coefficient (Wildman–Crippen LogP) is 6.73. The quantitative estimate of drug-likeness (QED) is 0.207. The summed E-state index contributed by atoms with van der Waals surface area (Å²) in [4.78, 5) is 12.5. The number of carbonyl (C=O) groups excluding carboxylic acids is 1. The standard InChI is InChI=1S/C21H8F10O2S/c22-11-8(12(23)16(27)19(30)15(11)26)5-33-10-4-2-1-3-7(10)21(32)34-6-9-13(24)17(28)20(31)18(29)14(9)25/h1-4H,5-6H2. The maximum atomic E-state index is 13.8. The summed E-state index contributed by atoms with van der Waals surface area (Å²) in [5.41, 5.74) is -2.97. The molecule has 2 nitrogen and oxygen atoms in total. The highest BCUT2D eigenvalue weighted by Gasteiger charge is 2.28. The Morgan fingerprint density at radius 2 is 1.03 bits per heavy atom. The van der Waals surface area contributed by atoms with Gasteiger partial charge in [-0.05, 0) is 12.1 Å². The second kappa shape index (κ2) is 9.95. The van der Waals surface area contributed by atoms with Crippen LogP contribution in [0.15, 0.2) is 24.3 Å². The summed E-state index contributed by atoms with van der Waals surface area (Å²) in [6.45, 7) is -1.20. The van der Waals surface area contributed by atoms with E-state index in [4.69, 9.17) is 4.74 Å². The summed E-state index contributed by atoms with van der Waals surface area (Å²) < 4.78 is 140. The van der Waals surface area contributed by atoms with Gasteiger partial charge in [-0.25, -0.2) is 43.9 Å². The molecule has 0 fully saturated rings. The number of hydrogen-bond acceptors (Lipinski definition) is 3.